The largest absolute Gasteiger partial charge is 0.378 e. The van der Waals surface area contributed by atoms with E-state index in [-0.39, 0.29) is 0 Å². The lowest BCUT2D eigenvalue weighted by molar-refractivity contribution is 0.0639. The summed E-state index contributed by atoms with van der Waals surface area (Å²) in [6, 6.07) is 4.09. The van der Waals surface area contributed by atoms with Gasteiger partial charge in [0.15, 0.2) is 0 Å². The van der Waals surface area contributed by atoms with Gasteiger partial charge < -0.3 is 9.64 Å². The zero-order chi connectivity index (χ0) is 10.5. The van der Waals surface area contributed by atoms with Gasteiger partial charge in [-0.1, -0.05) is 6.08 Å². The minimum atomic E-state index is 0.822. The smallest absolute Gasteiger partial charge is 0.0642 e. The molecule has 0 unspecified atom stereocenters. The molecule has 0 aromatic carbocycles. The van der Waals surface area contributed by atoms with Gasteiger partial charge in [-0.05, 0) is 19.1 Å². The number of ether oxygens (including phenoxy) is 1. The molecule has 1 aliphatic heterocycles. The van der Waals surface area contributed by atoms with E-state index in [0.717, 1.165) is 26.3 Å². The van der Waals surface area contributed by atoms with Crippen LogP contribution in [0, 0.1) is 0 Å². The Labute approximate surface area is 90.4 Å². The van der Waals surface area contributed by atoms with Gasteiger partial charge in [-0.2, -0.15) is 0 Å². The van der Waals surface area contributed by atoms with Gasteiger partial charge in [-0.15, -0.1) is 0 Å². The summed E-state index contributed by atoms with van der Waals surface area (Å²) in [4.78, 5) is 6.40. The highest BCUT2D eigenvalue weighted by Gasteiger charge is 2.13. The lowest BCUT2D eigenvalue weighted by Crippen LogP contribution is -2.34. The third kappa shape index (κ3) is 2.36. The van der Waals surface area contributed by atoms with Gasteiger partial charge in [0, 0.05) is 36.7 Å². The summed E-state index contributed by atoms with van der Waals surface area (Å²) >= 11 is 0. The summed E-state index contributed by atoms with van der Waals surface area (Å²) < 4.78 is 5.35. The lowest BCUT2D eigenvalue weighted by Gasteiger charge is -2.31. The Balaban J connectivity index is 2.17. The minimum absolute atomic E-state index is 0.822. The van der Waals surface area contributed by atoms with Gasteiger partial charge in [0.1, 0.15) is 0 Å². The SMILES string of the molecule is C/C=C(\c1ccncc1)N1CCOCC1. The van der Waals surface area contributed by atoms with Crippen LogP contribution in [0.4, 0.5) is 0 Å². The first-order valence-corrected chi connectivity index (χ1v) is 5.31. The molecule has 0 bridgehead atoms. The monoisotopic (exact) mass is 204 g/mol. The molecule has 1 saturated heterocycles. The molecule has 1 aromatic rings. The Hall–Kier alpha value is -1.35. The number of hydrogen-bond donors (Lipinski definition) is 0. The van der Waals surface area contributed by atoms with Crippen molar-refractivity contribution in [1.82, 2.24) is 9.88 Å². The van der Waals surface area contributed by atoms with E-state index in [4.69, 9.17) is 4.74 Å². The third-order valence-electron chi connectivity index (χ3n) is 2.60. The van der Waals surface area contributed by atoms with Gasteiger partial charge >= 0.3 is 0 Å². The fourth-order valence-electron chi connectivity index (χ4n) is 1.86. The number of rotatable bonds is 2. The number of allylic oxidation sites excluding steroid dienone is 1. The van der Waals surface area contributed by atoms with Crippen molar-refractivity contribution >= 4 is 5.70 Å². The first-order chi connectivity index (χ1) is 7.42. The van der Waals surface area contributed by atoms with Crippen LogP contribution in [0.15, 0.2) is 30.6 Å². The molecule has 1 fully saturated rings. The predicted octanol–water partition coefficient (Wildman–Crippen LogP) is 1.77. The minimum Gasteiger partial charge on any atom is -0.378 e. The molecular weight excluding hydrogens is 188 g/mol. The molecule has 2 heterocycles. The van der Waals surface area contributed by atoms with E-state index in [1.165, 1.54) is 11.3 Å². The molecule has 0 amide bonds. The summed E-state index contributed by atoms with van der Waals surface area (Å²) in [5.41, 5.74) is 2.51. The summed E-state index contributed by atoms with van der Waals surface area (Å²) in [7, 11) is 0. The van der Waals surface area contributed by atoms with Crippen molar-refractivity contribution in [3.63, 3.8) is 0 Å². The van der Waals surface area contributed by atoms with Gasteiger partial charge in [-0.25, -0.2) is 0 Å². The van der Waals surface area contributed by atoms with E-state index >= 15 is 0 Å². The molecule has 3 nitrogen and oxygen atoms in total. The number of nitrogens with zero attached hydrogens (tertiary/aromatic N) is 2. The van der Waals surface area contributed by atoms with Gasteiger partial charge in [0.25, 0.3) is 0 Å². The van der Waals surface area contributed by atoms with E-state index in [2.05, 4.69) is 22.9 Å². The van der Waals surface area contributed by atoms with E-state index < -0.39 is 0 Å². The topological polar surface area (TPSA) is 25.4 Å². The molecule has 1 aromatic heterocycles. The zero-order valence-corrected chi connectivity index (χ0v) is 9.02. The van der Waals surface area contributed by atoms with Crippen LogP contribution in [0.25, 0.3) is 5.70 Å². The molecule has 0 N–H and O–H groups in total. The van der Waals surface area contributed by atoms with Gasteiger partial charge in [0.05, 0.1) is 13.2 Å². The average Bonchev–Trinajstić information content (AvgIpc) is 2.33. The second kappa shape index (κ2) is 4.94. The quantitative estimate of drug-likeness (QED) is 0.734. The maximum Gasteiger partial charge on any atom is 0.0642 e. The van der Waals surface area contributed by atoms with Crippen LogP contribution in [-0.4, -0.2) is 36.2 Å². The van der Waals surface area contributed by atoms with Crippen molar-refractivity contribution < 1.29 is 4.74 Å². The molecular formula is C12H16N2O. The summed E-state index contributed by atoms with van der Waals surface area (Å²) in [6.07, 6.45) is 5.82. The number of aromatic nitrogens is 1. The normalized spacial score (nSPS) is 17.9. The van der Waals surface area contributed by atoms with Crippen molar-refractivity contribution in [3.8, 4) is 0 Å². The fraction of sp³-hybridized carbons (Fsp3) is 0.417. The highest BCUT2D eigenvalue weighted by atomic mass is 16.5. The Kier molecular flexibility index (Phi) is 3.35. The van der Waals surface area contributed by atoms with Gasteiger partial charge in [-0.3, -0.25) is 4.98 Å². The standard InChI is InChI=1S/C12H16N2O/c1-2-12(11-3-5-13-6-4-11)14-7-9-15-10-8-14/h2-6H,7-10H2,1H3/b12-2+. The molecule has 3 heteroatoms. The zero-order valence-electron chi connectivity index (χ0n) is 9.02. The third-order valence-corrected chi connectivity index (χ3v) is 2.60. The maximum atomic E-state index is 5.35. The van der Waals surface area contributed by atoms with Crippen LogP contribution in [-0.2, 0) is 4.74 Å². The Bertz CT molecular complexity index is 329. The Morgan fingerprint density at radius 2 is 2.00 bits per heavy atom. The first kappa shape index (κ1) is 10.2. The molecule has 0 radical (unpaired) electrons. The predicted molar refractivity (Wildman–Crippen MR) is 60.3 cm³/mol. The van der Waals surface area contributed by atoms with Gasteiger partial charge in [0.2, 0.25) is 0 Å². The summed E-state index contributed by atoms with van der Waals surface area (Å²) in [6.45, 7) is 5.67. The molecule has 0 saturated carbocycles. The number of hydrogen-bond acceptors (Lipinski definition) is 3. The van der Waals surface area contributed by atoms with Crippen LogP contribution in [0.3, 0.4) is 0 Å². The maximum absolute atomic E-state index is 5.35. The first-order valence-electron chi connectivity index (χ1n) is 5.31. The van der Waals surface area contributed by atoms with Crippen molar-refractivity contribution in [2.45, 2.75) is 6.92 Å². The lowest BCUT2D eigenvalue weighted by atomic mass is 10.1. The van der Waals surface area contributed by atoms with E-state index in [9.17, 15) is 0 Å². The van der Waals surface area contributed by atoms with E-state index in [1.807, 2.05) is 24.5 Å². The highest BCUT2D eigenvalue weighted by Crippen LogP contribution is 2.19. The molecule has 2 rings (SSSR count). The summed E-state index contributed by atoms with van der Waals surface area (Å²) in [5.74, 6) is 0. The average molecular weight is 204 g/mol. The van der Waals surface area contributed by atoms with Crippen LogP contribution < -0.4 is 0 Å². The van der Waals surface area contributed by atoms with E-state index in [1.54, 1.807) is 0 Å². The van der Waals surface area contributed by atoms with Crippen LogP contribution in [0.2, 0.25) is 0 Å². The molecule has 0 aliphatic carbocycles. The second-order valence-electron chi connectivity index (χ2n) is 3.51. The molecule has 0 atom stereocenters. The van der Waals surface area contributed by atoms with Crippen molar-refractivity contribution in [3.05, 3.63) is 36.2 Å². The summed E-state index contributed by atoms with van der Waals surface area (Å²) in [5, 5.41) is 0. The Morgan fingerprint density at radius 3 is 2.60 bits per heavy atom. The Morgan fingerprint density at radius 1 is 1.33 bits per heavy atom. The van der Waals surface area contributed by atoms with Crippen molar-refractivity contribution in [2.24, 2.45) is 0 Å². The molecule has 0 spiro atoms. The molecule has 15 heavy (non-hydrogen) atoms. The van der Waals surface area contributed by atoms with Crippen LogP contribution in [0.5, 0.6) is 0 Å². The second-order valence-corrected chi connectivity index (χ2v) is 3.51. The molecule has 1 aliphatic rings. The van der Waals surface area contributed by atoms with Crippen LogP contribution in [0.1, 0.15) is 12.5 Å². The van der Waals surface area contributed by atoms with Crippen molar-refractivity contribution in [2.75, 3.05) is 26.3 Å². The van der Waals surface area contributed by atoms with Crippen molar-refractivity contribution in [1.29, 1.82) is 0 Å². The number of pyridine rings is 1. The van der Waals surface area contributed by atoms with Crippen LogP contribution >= 0.6 is 0 Å². The molecule has 80 valence electrons. The number of morpholine rings is 1. The fourth-order valence-corrected chi connectivity index (χ4v) is 1.86. The van der Waals surface area contributed by atoms with E-state index in [0.29, 0.717) is 0 Å². The highest BCUT2D eigenvalue weighted by molar-refractivity contribution is 5.63.